The van der Waals surface area contributed by atoms with Gasteiger partial charge in [0.05, 0.1) is 5.52 Å². The Balaban J connectivity index is 1.31. The molecule has 5 heteroatoms. The number of fused-ring (bicyclic) bond motifs is 1. The molecule has 3 heterocycles. The first-order chi connectivity index (χ1) is 13.8. The SMILES string of the molecule is O=C(C1CC1)N1CCCCCC1C1CCN(c2ncnc3ccccc23)CC1. The number of likely N-dealkylation sites (tertiary alicyclic amines) is 1. The molecule has 1 atom stereocenters. The number of hydrogen-bond acceptors (Lipinski definition) is 4. The number of nitrogens with zero attached hydrogens (tertiary/aromatic N) is 4. The number of carbonyl (C=O) groups excluding carboxylic acids is 1. The summed E-state index contributed by atoms with van der Waals surface area (Å²) in [7, 11) is 0. The Kier molecular flexibility index (Phi) is 4.91. The van der Waals surface area contributed by atoms with Gasteiger partial charge >= 0.3 is 0 Å². The lowest BCUT2D eigenvalue weighted by atomic mass is 9.86. The van der Waals surface area contributed by atoms with Crippen LogP contribution in [0.2, 0.25) is 0 Å². The van der Waals surface area contributed by atoms with E-state index in [1.807, 2.05) is 6.07 Å². The van der Waals surface area contributed by atoms with Gasteiger partial charge in [0.1, 0.15) is 12.1 Å². The van der Waals surface area contributed by atoms with Crippen molar-refractivity contribution in [1.82, 2.24) is 14.9 Å². The lowest BCUT2D eigenvalue weighted by Crippen LogP contribution is -2.48. The first-order valence-corrected chi connectivity index (χ1v) is 11.1. The van der Waals surface area contributed by atoms with Gasteiger partial charge in [-0.25, -0.2) is 9.97 Å². The van der Waals surface area contributed by atoms with Crippen LogP contribution in [0.15, 0.2) is 30.6 Å². The van der Waals surface area contributed by atoms with Crippen molar-refractivity contribution in [2.24, 2.45) is 11.8 Å². The quantitative estimate of drug-likeness (QED) is 0.809. The summed E-state index contributed by atoms with van der Waals surface area (Å²) >= 11 is 0. The van der Waals surface area contributed by atoms with Gasteiger partial charge in [-0.15, -0.1) is 0 Å². The van der Waals surface area contributed by atoms with Crippen LogP contribution in [0.3, 0.4) is 0 Å². The summed E-state index contributed by atoms with van der Waals surface area (Å²) in [6.07, 6.45) is 11.1. The van der Waals surface area contributed by atoms with Crippen LogP contribution in [-0.2, 0) is 4.79 Å². The molecule has 0 N–H and O–H groups in total. The molecule has 5 nitrogen and oxygen atoms in total. The summed E-state index contributed by atoms with van der Waals surface area (Å²) in [4.78, 5) is 26.6. The molecule has 28 heavy (non-hydrogen) atoms. The van der Waals surface area contributed by atoms with E-state index in [0.717, 1.165) is 62.0 Å². The van der Waals surface area contributed by atoms with E-state index in [4.69, 9.17) is 0 Å². The van der Waals surface area contributed by atoms with Gasteiger partial charge in [0, 0.05) is 37.0 Å². The third kappa shape index (κ3) is 3.47. The predicted octanol–water partition coefficient (Wildman–Crippen LogP) is 4.03. The average Bonchev–Trinajstić information content (AvgIpc) is 3.60. The number of amides is 1. The number of para-hydroxylation sites is 1. The van der Waals surface area contributed by atoms with Crippen LogP contribution >= 0.6 is 0 Å². The molecule has 1 amide bonds. The maximum absolute atomic E-state index is 12.9. The van der Waals surface area contributed by atoms with E-state index in [9.17, 15) is 4.79 Å². The second-order valence-electron chi connectivity index (χ2n) is 8.76. The van der Waals surface area contributed by atoms with Gasteiger partial charge in [-0.1, -0.05) is 25.0 Å². The van der Waals surface area contributed by atoms with Gasteiger partial charge in [0.2, 0.25) is 5.91 Å². The van der Waals surface area contributed by atoms with E-state index in [-0.39, 0.29) is 0 Å². The largest absolute Gasteiger partial charge is 0.356 e. The van der Waals surface area contributed by atoms with E-state index < -0.39 is 0 Å². The normalized spacial score (nSPS) is 24.4. The molecule has 148 valence electrons. The minimum Gasteiger partial charge on any atom is -0.356 e. The molecule has 5 rings (SSSR count). The monoisotopic (exact) mass is 378 g/mol. The maximum atomic E-state index is 12.9. The number of carbonyl (C=O) groups is 1. The topological polar surface area (TPSA) is 49.3 Å². The van der Waals surface area contributed by atoms with Gasteiger partial charge in [0.15, 0.2) is 0 Å². The highest BCUT2D eigenvalue weighted by molar-refractivity contribution is 5.89. The van der Waals surface area contributed by atoms with Crippen LogP contribution in [0.25, 0.3) is 10.9 Å². The van der Waals surface area contributed by atoms with Crippen molar-refractivity contribution >= 4 is 22.6 Å². The maximum Gasteiger partial charge on any atom is 0.225 e. The zero-order valence-corrected chi connectivity index (χ0v) is 16.6. The summed E-state index contributed by atoms with van der Waals surface area (Å²) in [5.41, 5.74) is 1.01. The lowest BCUT2D eigenvalue weighted by Gasteiger charge is -2.41. The summed E-state index contributed by atoms with van der Waals surface area (Å²) in [5.74, 6) is 2.49. The molecule has 1 unspecified atom stereocenters. The highest BCUT2D eigenvalue weighted by Gasteiger charge is 2.39. The number of rotatable bonds is 3. The Morgan fingerprint density at radius 3 is 2.54 bits per heavy atom. The number of piperidine rings is 1. The minimum atomic E-state index is 0.341. The van der Waals surface area contributed by atoms with Gasteiger partial charge in [-0.05, 0) is 56.6 Å². The molecule has 0 radical (unpaired) electrons. The molecule has 3 aliphatic rings. The summed E-state index contributed by atoms with van der Waals surface area (Å²) in [6.45, 7) is 3.03. The van der Waals surface area contributed by atoms with Crippen molar-refractivity contribution in [2.45, 2.75) is 57.4 Å². The average molecular weight is 379 g/mol. The zero-order valence-electron chi connectivity index (χ0n) is 16.6. The Labute approximate surface area is 167 Å². The zero-order chi connectivity index (χ0) is 18.9. The van der Waals surface area contributed by atoms with Crippen molar-refractivity contribution in [1.29, 1.82) is 0 Å². The molecule has 2 saturated heterocycles. The van der Waals surface area contributed by atoms with Gasteiger partial charge in [0.25, 0.3) is 0 Å². The Hall–Kier alpha value is -2.17. The van der Waals surface area contributed by atoms with E-state index >= 15 is 0 Å². The Morgan fingerprint density at radius 2 is 1.71 bits per heavy atom. The van der Waals surface area contributed by atoms with Crippen LogP contribution in [-0.4, -0.2) is 46.5 Å². The highest BCUT2D eigenvalue weighted by atomic mass is 16.2. The molecular weight excluding hydrogens is 348 g/mol. The number of benzene rings is 1. The molecule has 1 aliphatic carbocycles. The van der Waals surface area contributed by atoms with Crippen molar-refractivity contribution in [2.75, 3.05) is 24.5 Å². The van der Waals surface area contributed by atoms with Gasteiger partial charge in [-0.2, -0.15) is 0 Å². The summed E-state index contributed by atoms with van der Waals surface area (Å²) in [5, 5.41) is 1.14. The van der Waals surface area contributed by atoms with Crippen LogP contribution < -0.4 is 4.90 Å². The molecular formula is C23H30N4O. The second kappa shape index (κ2) is 7.69. The minimum absolute atomic E-state index is 0.341. The molecule has 1 aromatic carbocycles. The second-order valence-corrected chi connectivity index (χ2v) is 8.76. The fourth-order valence-electron chi connectivity index (χ4n) is 5.20. The van der Waals surface area contributed by atoms with Crippen LogP contribution in [0.4, 0.5) is 5.82 Å². The van der Waals surface area contributed by atoms with Crippen LogP contribution in [0.5, 0.6) is 0 Å². The van der Waals surface area contributed by atoms with Gasteiger partial charge < -0.3 is 9.80 Å². The first kappa shape index (κ1) is 17.9. The third-order valence-corrected chi connectivity index (χ3v) is 6.91. The number of aromatic nitrogens is 2. The van der Waals surface area contributed by atoms with E-state index in [2.05, 4.69) is 38.0 Å². The summed E-state index contributed by atoms with van der Waals surface area (Å²) in [6, 6.07) is 8.73. The van der Waals surface area contributed by atoms with Crippen LogP contribution in [0, 0.1) is 11.8 Å². The first-order valence-electron chi connectivity index (χ1n) is 11.1. The van der Waals surface area contributed by atoms with Crippen molar-refractivity contribution < 1.29 is 4.79 Å². The summed E-state index contributed by atoms with van der Waals surface area (Å²) < 4.78 is 0. The Bertz CT molecular complexity index is 836. The number of anilines is 1. The van der Waals surface area contributed by atoms with Crippen molar-refractivity contribution in [3.05, 3.63) is 30.6 Å². The molecule has 2 aliphatic heterocycles. The molecule has 2 aromatic rings. The van der Waals surface area contributed by atoms with Crippen molar-refractivity contribution in [3.8, 4) is 0 Å². The fourth-order valence-corrected chi connectivity index (χ4v) is 5.20. The standard InChI is InChI=1S/C23H30N4O/c28-23(18-9-10-18)27-13-5-1-2-8-21(27)17-11-14-26(15-12-17)22-19-6-3-4-7-20(19)24-16-25-22/h3-4,6-7,16-18,21H,1-2,5,8-15H2. The molecule has 0 bridgehead atoms. The third-order valence-electron chi connectivity index (χ3n) is 6.91. The Morgan fingerprint density at radius 1 is 0.893 bits per heavy atom. The lowest BCUT2D eigenvalue weighted by molar-refractivity contribution is -0.136. The van der Waals surface area contributed by atoms with Crippen LogP contribution in [0.1, 0.15) is 51.4 Å². The van der Waals surface area contributed by atoms with E-state index in [0.29, 0.717) is 23.8 Å². The molecule has 3 fully saturated rings. The predicted molar refractivity (Wildman–Crippen MR) is 111 cm³/mol. The smallest absolute Gasteiger partial charge is 0.225 e. The molecule has 1 aromatic heterocycles. The fraction of sp³-hybridized carbons (Fsp3) is 0.609. The highest BCUT2D eigenvalue weighted by Crippen LogP contribution is 2.37. The number of hydrogen-bond donors (Lipinski definition) is 0. The molecule has 1 saturated carbocycles. The van der Waals surface area contributed by atoms with Crippen molar-refractivity contribution in [3.63, 3.8) is 0 Å². The molecule has 0 spiro atoms. The van der Waals surface area contributed by atoms with E-state index in [1.54, 1.807) is 6.33 Å². The van der Waals surface area contributed by atoms with E-state index in [1.165, 1.54) is 25.7 Å². The van der Waals surface area contributed by atoms with Gasteiger partial charge in [-0.3, -0.25) is 4.79 Å².